The van der Waals surface area contributed by atoms with Crippen LogP contribution in [-0.2, 0) is 14.3 Å². The van der Waals surface area contributed by atoms with Gasteiger partial charge < -0.3 is 14.8 Å². The van der Waals surface area contributed by atoms with Crippen LogP contribution in [0.15, 0.2) is 48.5 Å². The highest BCUT2D eigenvalue weighted by Gasteiger charge is 2.22. The van der Waals surface area contributed by atoms with Gasteiger partial charge in [0.2, 0.25) is 0 Å². The van der Waals surface area contributed by atoms with Crippen LogP contribution in [0.1, 0.15) is 15.7 Å². The predicted octanol–water partition coefficient (Wildman–Crippen LogP) is 4.03. The molecule has 3 rings (SSSR count). The number of amides is 1. The topological polar surface area (TPSA) is 64.6 Å². The fourth-order valence-electron chi connectivity index (χ4n) is 2.57. The van der Waals surface area contributed by atoms with Crippen molar-refractivity contribution in [2.75, 3.05) is 30.0 Å². The van der Waals surface area contributed by atoms with Crippen molar-refractivity contribution >= 4 is 41.1 Å². The van der Waals surface area contributed by atoms with Crippen LogP contribution in [0.4, 0.5) is 5.69 Å². The monoisotopic (exact) mass is 403 g/mol. The molecule has 0 unspecified atom stereocenters. The molecule has 2 aromatic rings. The van der Waals surface area contributed by atoms with Crippen LogP contribution in [0.2, 0.25) is 0 Å². The number of carbonyl (C=O) groups is 2. The van der Waals surface area contributed by atoms with Gasteiger partial charge in [-0.1, -0.05) is 36.4 Å². The quantitative estimate of drug-likeness (QED) is 0.704. The van der Waals surface area contributed by atoms with E-state index in [0.717, 1.165) is 22.6 Å². The Labute approximate surface area is 167 Å². The standard InChI is InChI=1S/C20H21NO4S2/c1-14-6-2-4-8-16(14)21-18(22)12-25-19(23)13-24-17-9-5-3-7-15(17)20-26-10-11-27-20/h2-9,20H,10-13H2,1H3,(H,21,22). The second kappa shape index (κ2) is 9.71. The number of aryl methyl sites for hydroxylation is 1. The van der Waals surface area contributed by atoms with Gasteiger partial charge in [-0.05, 0) is 24.6 Å². The van der Waals surface area contributed by atoms with Crippen molar-refractivity contribution in [3.8, 4) is 5.75 Å². The summed E-state index contributed by atoms with van der Waals surface area (Å²) in [5, 5.41) is 2.72. The normalized spacial score (nSPS) is 14.0. The second-order valence-electron chi connectivity index (χ2n) is 5.92. The van der Waals surface area contributed by atoms with Gasteiger partial charge >= 0.3 is 5.97 Å². The summed E-state index contributed by atoms with van der Waals surface area (Å²) in [7, 11) is 0. The molecule has 0 aromatic heterocycles. The fourth-order valence-corrected chi connectivity index (χ4v) is 5.48. The van der Waals surface area contributed by atoms with Crippen molar-refractivity contribution in [2.45, 2.75) is 11.5 Å². The van der Waals surface area contributed by atoms with Gasteiger partial charge in [0.15, 0.2) is 13.2 Å². The first-order valence-electron chi connectivity index (χ1n) is 8.59. The Morgan fingerprint density at radius 3 is 2.52 bits per heavy atom. The van der Waals surface area contributed by atoms with E-state index in [2.05, 4.69) is 5.32 Å². The smallest absolute Gasteiger partial charge is 0.344 e. The summed E-state index contributed by atoms with van der Waals surface area (Å²) in [5.74, 6) is 1.96. The molecule has 1 fully saturated rings. The molecule has 5 nitrogen and oxygen atoms in total. The zero-order valence-electron chi connectivity index (χ0n) is 15.0. The van der Waals surface area contributed by atoms with Crippen LogP contribution in [0.3, 0.4) is 0 Å². The van der Waals surface area contributed by atoms with E-state index < -0.39 is 5.97 Å². The first-order valence-corrected chi connectivity index (χ1v) is 10.7. The van der Waals surface area contributed by atoms with E-state index in [-0.39, 0.29) is 19.1 Å². The molecule has 27 heavy (non-hydrogen) atoms. The highest BCUT2D eigenvalue weighted by molar-refractivity contribution is 8.19. The third-order valence-corrected chi connectivity index (χ3v) is 6.99. The molecule has 1 aliphatic rings. The molecule has 1 N–H and O–H groups in total. The first-order chi connectivity index (χ1) is 13.1. The lowest BCUT2D eigenvalue weighted by molar-refractivity contribution is -0.149. The van der Waals surface area contributed by atoms with Gasteiger partial charge in [-0.3, -0.25) is 4.79 Å². The van der Waals surface area contributed by atoms with Gasteiger partial charge in [-0.25, -0.2) is 4.79 Å². The lowest BCUT2D eigenvalue weighted by Gasteiger charge is -2.14. The predicted molar refractivity (Wildman–Crippen MR) is 110 cm³/mol. The van der Waals surface area contributed by atoms with Crippen LogP contribution >= 0.6 is 23.5 Å². The number of carbonyl (C=O) groups excluding carboxylic acids is 2. The third-order valence-electron chi connectivity index (χ3n) is 3.92. The van der Waals surface area contributed by atoms with Gasteiger partial charge in [0, 0.05) is 22.8 Å². The zero-order valence-corrected chi connectivity index (χ0v) is 16.6. The average molecular weight is 404 g/mol. The lowest BCUT2D eigenvalue weighted by Crippen LogP contribution is -2.24. The van der Waals surface area contributed by atoms with E-state index in [0.29, 0.717) is 16.0 Å². The molecule has 1 aliphatic heterocycles. The molecular weight excluding hydrogens is 382 g/mol. The number of nitrogens with one attached hydrogen (secondary N) is 1. The number of esters is 1. The third kappa shape index (κ3) is 5.68. The molecule has 7 heteroatoms. The number of thioether (sulfide) groups is 2. The van der Waals surface area contributed by atoms with Crippen LogP contribution in [0.25, 0.3) is 0 Å². The second-order valence-corrected chi connectivity index (χ2v) is 8.65. The summed E-state index contributed by atoms with van der Waals surface area (Å²) in [6.45, 7) is 1.33. The van der Waals surface area contributed by atoms with Crippen LogP contribution in [-0.4, -0.2) is 36.6 Å². The Morgan fingerprint density at radius 2 is 1.74 bits per heavy atom. The van der Waals surface area contributed by atoms with Crippen molar-refractivity contribution in [3.63, 3.8) is 0 Å². The van der Waals surface area contributed by atoms with E-state index in [1.54, 1.807) is 6.07 Å². The number of ether oxygens (including phenoxy) is 2. The summed E-state index contributed by atoms with van der Waals surface area (Å²) in [6, 6.07) is 15.1. The number of hydrogen-bond acceptors (Lipinski definition) is 6. The molecule has 1 heterocycles. The van der Waals surface area contributed by atoms with Gasteiger partial charge in [0.05, 0.1) is 4.58 Å². The molecular formula is C20H21NO4S2. The molecule has 0 saturated carbocycles. The molecule has 1 amide bonds. The molecule has 1 saturated heterocycles. The van der Waals surface area contributed by atoms with Crippen LogP contribution in [0.5, 0.6) is 5.75 Å². The largest absolute Gasteiger partial charge is 0.482 e. The first kappa shape index (κ1) is 19.6. The Balaban J connectivity index is 1.46. The van der Waals surface area contributed by atoms with E-state index in [1.807, 2.05) is 72.9 Å². The zero-order chi connectivity index (χ0) is 19.1. The molecule has 0 aliphatic carbocycles. The molecule has 142 valence electrons. The SMILES string of the molecule is Cc1ccccc1NC(=O)COC(=O)COc1ccccc1C1SCCS1. The maximum atomic E-state index is 11.9. The van der Waals surface area contributed by atoms with Crippen molar-refractivity contribution < 1.29 is 19.1 Å². The lowest BCUT2D eigenvalue weighted by atomic mass is 10.2. The number of para-hydroxylation sites is 2. The Bertz CT molecular complexity index is 806. The molecule has 2 aromatic carbocycles. The van der Waals surface area contributed by atoms with Crippen molar-refractivity contribution in [1.82, 2.24) is 0 Å². The molecule has 0 radical (unpaired) electrons. The van der Waals surface area contributed by atoms with E-state index in [9.17, 15) is 9.59 Å². The summed E-state index contributed by atoms with van der Waals surface area (Å²) < 4.78 is 11.0. The highest BCUT2D eigenvalue weighted by atomic mass is 32.2. The van der Waals surface area contributed by atoms with E-state index in [1.165, 1.54) is 0 Å². The summed E-state index contributed by atoms with van der Waals surface area (Å²) in [4.78, 5) is 23.9. The van der Waals surface area contributed by atoms with Crippen LogP contribution in [0, 0.1) is 6.92 Å². The molecule has 0 bridgehead atoms. The summed E-state index contributed by atoms with van der Waals surface area (Å²) in [5.41, 5.74) is 2.73. The maximum Gasteiger partial charge on any atom is 0.344 e. The number of hydrogen-bond donors (Lipinski definition) is 1. The van der Waals surface area contributed by atoms with Gasteiger partial charge in [0.1, 0.15) is 5.75 Å². The van der Waals surface area contributed by atoms with E-state index >= 15 is 0 Å². The van der Waals surface area contributed by atoms with Gasteiger partial charge in [-0.2, -0.15) is 0 Å². The Kier molecular flexibility index (Phi) is 7.06. The minimum atomic E-state index is -0.573. The van der Waals surface area contributed by atoms with E-state index in [4.69, 9.17) is 9.47 Å². The van der Waals surface area contributed by atoms with Gasteiger partial charge in [0.25, 0.3) is 5.91 Å². The molecule has 0 spiro atoms. The number of benzene rings is 2. The highest BCUT2D eigenvalue weighted by Crippen LogP contribution is 2.48. The van der Waals surface area contributed by atoms with Crippen molar-refractivity contribution in [3.05, 3.63) is 59.7 Å². The van der Waals surface area contributed by atoms with Gasteiger partial charge in [-0.15, -0.1) is 23.5 Å². The average Bonchev–Trinajstić information content (AvgIpc) is 3.21. The fraction of sp³-hybridized carbons (Fsp3) is 0.300. The Hall–Kier alpha value is -2.12. The Morgan fingerprint density at radius 1 is 1.04 bits per heavy atom. The minimum absolute atomic E-state index is 0.225. The summed E-state index contributed by atoms with van der Waals surface area (Å²) in [6.07, 6.45) is 0. The van der Waals surface area contributed by atoms with Crippen molar-refractivity contribution in [1.29, 1.82) is 0 Å². The number of anilines is 1. The van der Waals surface area contributed by atoms with Crippen LogP contribution < -0.4 is 10.1 Å². The minimum Gasteiger partial charge on any atom is -0.482 e. The maximum absolute atomic E-state index is 11.9. The summed E-state index contributed by atoms with van der Waals surface area (Å²) >= 11 is 3.75. The molecule has 0 atom stereocenters. The van der Waals surface area contributed by atoms with Crippen molar-refractivity contribution in [2.24, 2.45) is 0 Å². The number of rotatable bonds is 7.